The highest BCUT2D eigenvalue weighted by Crippen LogP contribution is 2.53. The molecule has 0 radical (unpaired) electrons. The molecule has 3 unspecified atom stereocenters. The van der Waals surface area contributed by atoms with Crippen LogP contribution in [0.15, 0.2) is 48.8 Å². The number of aryl methyl sites for hydroxylation is 1. The lowest BCUT2D eigenvalue weighted by molar-refractivity contribution is -0.152. The lowest BCUT2D eigenvalue weighted by atomic mass is 9.72. The van der Waals surface area contributed by atoms with Crippen molar-refractivity contribution >= 4 is 28.4 Å². The number of alkyl halides is 2. The number of aliphatic hydroxyl groups excluding tert-OH is 1. The molecule has 1 aliphatic heterocycles. The summed E-state index contributed by atoms with van der Waals surface area (Å²) in [4.78, 5) is 11.2. The summed E-state index contributed by atoms with van der Waals surface area (Å²) in [6, 6.07) is 13.2. The molecule has 0 bridgehead atoms. The van der Waals surface area contributed by atoms with Gasteiger partial charge < -0.3 is 15.3 Å². The monoisotopic (exact) mass is 477 g/mol. The summed E-state index contributed by atoms with van der Waals surface area (Å²) in [6.45, 7) is 4.32. The van der Waals surface area contributed by atoms with Crippen LogP contribution < -0.4 is 10.2 Å². The van der Waals surface area contributed by atoms with Crippen molar-refractivity contribution in [2.24, 2.45) is 11.8 Å². The van der Waals surface area contributed by atoms with Crippen LogP contribution in [0.3, 0.4) is 0 Å². The van der Waals surface area contributed by atoms with Crippen molar-refractivity contribution < 1.29 is 13.9 Å². The summed E-state index contributed by atoms with van der Waals surface area (Å²) < 4.78 is 29.8. The van der Waals surface area contributed by atoms with Gasteiger partial charge in [-0.1, -0.05) is 0 Å². The van der Waals surface area contributed by atoms with Gasteiger partial charge in [-0.3, -0.25) is 4.57 Å². The number of nitrogens with one attached hydrogen (secondary N) is 1. The summed E-state index contributed by atoms with van der Waals surface area (Å²) in [5.74, 6) is -1.48. The largest absolute Gasteiger partial charge is 0.389 e. The van der Waals surface area contributed by atoms with Gasteiger partial charge in [0.2, 0.25) is 0 Å². The summed E-state index contributed by atoms with van der Waals surface area (Å²) >= 11 is 0. The van der Waals surface area contributed by atoms with Crippen LogP contribution >= 0.6 is 0 Å². The van der Waals surface area contributed by atoms with Crippen LogP contribution in [0.1, 0.15) is 30.7 Å². The molecule has 1 aliphatic carbocycles. The van der Waals surface area contributed by atoms with E-state index in [4.69, 9.17) is 4.98 Å². The number of rotatable bonds is 5. The molecule has 3 atom stereocenters. The number of aliphatic hydroxyl groups is 1. The zero-order valence-electron chi connectivity index (χ0n) is 19.4. The van der Waals surface area contributed by atoms with Crippen LogP contribution in [0, 0.1) is 18.8 Å². The molecule has 2 N–H and O–H groups in total. The Morgan fingerprint density at radius 2 is 1.97 bits per heavy atom. The van der Waals surface area contributed by atoms with Gasteiger partial charge in [-0.25, -0.2) is 18.7 Å². The third kappa shape index (κ3) is 3.78. The van der Waals surface area contributed by atoms with Gasteiger partial charge >= 0.3 is 0 Å². The van der Waals surface area contributed by atoms with E-state index < -0.39 is 17.9 Å². The Bertz CT molecular complexity index is 1400. The van der Waals surface area contributed by atoms with Crippen molar-refractivity contribution in [3.05, 3.63) is 60.0 Å². The molecule has 2 aliphatic rings. The quantitative estimate of drug-likeness (QED) is 0.440. The number of hydrogen-bond donors (Lipinski definition) is 2. The molecule has 4 aromatic rings. The van der Waals surface area contributed by atoms with Gasteiger partial charge in [0.05, 0.1) is 22.8 Å². The number of nitrogens with zero attached hydrogens (tertiary/aromatic N) is 6. The number of halogens is 2. The zero-order chi connectivity index (χ0) is 24.3. The van der Waals surface area contributed by atoms with Crippen molar-refractivity contribution in [2.75, 3.05) is 23.3 Å². The van der Waals surface area contributed by atoms with Crippen LogP contribution in [-0.4, -0.2) is 48.9 Å². The highest BCUT2D eigenvalue weighted by molar-refractivity contribution is 5.82. The Morgan fingerprint density at radius 3 is 2.69 bits per heavy atom. The molecule has 0 amide bonds. The Kier molecular flexibility index (Phi) is 4.96. The molecule has 1 aromatic carbocycles. The van der Waals surface area contributed by atoms with Gasteiger partial charge in [-0.05, 0) is 62.2 Å². The minimum atomic E-state index is -2.61. The second kappa shape index (κ2) is 7.94. The Labute approximate surface area is 200 Å². The second-order valence-corrected chi connectivity index (χ2v) is 9.50. The molecule has 2 fully saturated rings. The highest BCUT2D eigenvalue weighted by atomic mass is 19.3. The SMILES string of the molecule is Cc1ccc(Nc2ccc3c(c2)ncn3-c2ccc(C(C)O)c(N3CC4CC(F)(F)C4C3)n2)nn1. The summed E-state index contributed by atoms with van der Waals surface area (Å²) in [5, 5.41) is 21.7. The highest BCUT2D eigenvalue weighted by Gasteiger charge is 2.59. The topological polar surface area (TPSA) is 92.0 Å². The van der Waals surface area contributed by atoms with Crippen molar-refractivity contribution in [1.82, 2.24) is 24.7 Å². The fourth-order valence-corrected chi connectivity index (χ4v) is 5.12. The lowest BCUT2D eigenvalue weighted by Crippen LogP contribution is -2.46. The number of anilines is 3. The average Bonchev–Trinajstić information content (AvgIpc) is 3.42. The Hall–Kier alpha value is -3.66. The number of pyridine rings is 1. The van der Waals surface area contributed by atoms with E-state index >= 15 is 0 Å². The molecule has 0 spiro atoms. The number of benzene rings is 1. The van der Waals surface area contributed by atoms with E-state index in [2.05, 4.69) is 20.5 Å². The van der Waals surface area contributed by atoms with Crippen LogP contribution in [0.4, 0.5) is 26.1 Å². The number of fused-ring (bicyclic) bond motifs is 2. The molecule has 4 heterocycles. The third-order valence-corrected chi connectivity index (χ3v) is 7.02. The zero-order valence-corrected chi connectivity index (χ0v) is 19.4. The van der Waals surface area contributed by atoms with Crippen molar-refractivity contribution in [2.45, 2.75) is 32.3 Å². The van der Waals surface area contributed by atoms with E-state index in [1.165, 1.54) is 0 Å². The van der Waals surface area contributed by atoms with Crippen LogP contribution in [0.25, 0.3) is 16.9 Å². The Balaban J connectivity index is 1.32. The molecular weight excluding hydrogens is 452 g/mol. The number of hydrogen-bond acceptors (Lipinski definition) is 7. The molecule has 1 saturated heterocycles. The van der Waals surface area contributed by atoms with Gasteiger partial charge in [-0.2, -0.15) is 5.10 Å². The van der Waals surface area contributed by atoms with E-state index in [0.29, 0.717) is 29.6 Å². The van der Waals surface area contributed by atoms with Gasteiger partial charge in [0.25, 0.3) is 5.92 Å². The van der Waals surface area contributed by atoms with E-state index in [1.807, 2.05) is 58.9 Å². The minimum absolute atomic E-state index is 0.0319. The molecule has 180 valence electrons. The maximum atomic E-state index is 14.0. The fourth-order valence-electron chi connectivity index (χ4n) is 5.12. The summed E-state index contributed by atoms with van der Waals surface area (Å²) in [5.41, 5.74) is 3.91. The third-order valence-electron chi connectivity index (χ3n) is 7.02. The first-order valence-electron chi connectivity index (χ1n) is 11.6. The molecule has 6 rings (SSSR count). The van der Waals surface area contributed by atoms with Gasteiger partial charge in [0.15, 0.2) is 5.82 Å². The normalized spacial score (nSPS) is 21.6. The maximum Gasteiger partial charge on any atom is 0.253 e. The standard InChI is InChI=1S/C25H25F2N7O/c1-14-3-7-22(32-31-14)29-17-4-6-21-20(9-17)28-13-34(21)23-8-5-18(15(2)35)24(30-23)33-11-16-10-25(26,27)19(16)12-33/h3-9,13,15-16,19,35H,10-12H2,1-2H3,(H,29,32). The summed E-state index contributed by atoms with van der Waals surface area (Å²) in [7, 11) is 0. The number of imidazole rings is 1. The van der Waals surface area contributed by atoms with Crippen molar-refractivity contribution in [3.8, 4) is 5.82 Å². The van der Waals surface area contributed by atoms with E-state index in [-0.39, 0.29) is 18.9 Å². The molecule has 35 heavy (non-hydrogen) atoms. The van der Waals surface area contributed by atoms with Gasteiger partial charge in [-0.15, -0.1) is 5.10 Å². The lowest BCUT2D eigenvalue weighted by Gasteiger charge is -2.38. The minimum Gasteiger partial charge on any atom is -0.389 e. The predicted octanol–water partition coefficient (Wildman–Crippen LogP) is 4.41. The molecule has 1 saturated carbocycles. The Morgan fingerprint density at radius 1 is 1.11 bits per heavy atom. The van der Waals surface area contributed by atoms with Crippen molar-refractivity contribution in [3.63, 3.8) is 0 Å². The number of aromatic nitrogens is 5. The average molecular weight is 478 g/mol. The first-order valence-corrected chi connectivity index (χ1v) is 11.6. The molecule has 8 nitrogen and oxygen atoms in total. The molecule has 3 aromatic heterocycles. The van der Waals surface area contributed by atoms with Crippen LogP contribution in [0.5, 0.6) is 0 Å². The first kappa shape index (κ1) is 21.8. The predicted molar refractivity (Wildman–Crippen MR) is 128 cm³/mol. The van der Waals surface area contributed by atoms with Crippen LogP contribution in [-0.2, 0) is 0 Å². The van der Waals surface area contributed by atoms with Crippen molar-refractivity contribution in [1.29, 1.82) is 0 Å². The van der Waals surface area contributed by atoms with E-state index in [9.17, 15) is 13.9 Å². The fraction of sp³-hybridized carbons (Fsp3) is 0.360. The molecular formula is C25H25F2N7O. The maximum absolute atomic E-state index is 14.0. The van der Waals surface area contributed by atoms with Crippen LogP contribution in [0.2, 0.25) is 0 Å². The van der Waals surface area contributed by atoms with E-state index in [1.54, 1.807) is 13.3 Å². The second-order valence-electron chi connectivity index (χ2n) is 9.50. The van der Waals surface area contributed by atoms with Gasteiger partial charge in [0.1, 0.15) is 18.0 Å². The molecule has 10 heteroatoms. The first-order chi connectivity index (χ1) is 16.8. The summed E-state index contributed by atoms with van der Waals surface area (Å²) in [6.07, 6.45) is 0.855. The van der Waals surface area contributed by atoms with Gasteiger partial charge in [0, 0.05) is 36.7 Å². The smallest absolute Gasteiger partial charge is 0.253 e. The van der Waals surface area contributed by atoms with E-state index in [0.717, 1.165) is 22.4 Å².